The van der Waals surface area contributed by atoms with Crippen molar-refractivity contribution in [1.29, 1.82) is 0 Å². The van der Waals surface area contributed by atoms with Crippen LogP contribution < -0.4 is 4.74 Å². The Morgan fingerprint density at radius 1 is 1.08 bits per heavy atom. The van der Waals surface area contributed by atoms with E-state index in [2.05, 4.69) is 0 Å². The number of ketones is 1. The van der Waals surface area contributed by atoms with Crippen LogP contribution in [0.4, 0.5) is 0 Å². The third-order valence-corrected chi connectivity index (χ3v) is 4.50. The molecule has 0 fully saturated rings. The average Bonchev–Trinajstić information content (AvgIpc) is 2.93. The van der Waals surface area contributed by atoms with Crippen molar-refractivity contribution in [2.45, 2.75) is 33.6 Å². The third-order valence-electron chi connectivity index (χ3n) is 4.50. The molecule has 0 amide bonds. The van der Waals surface area contributed by atoms with E-state index in [4.69, 9.17) is 9.84 Å². The molecule has 2 aromatic rings. The quantitative estimate of drug-likeness (QED) is 0.836. The second-order valence-corrected chi connectivity index (χ2v) is 6.52. The number of fused-ring (bicyclic) bond motifs is 1. The molecule has 2 N–H and O–H groups in total. The maximum absolute atomic E-state index is 13.2. The number of hydrogen-bond donors (Lipinski definition) is 2. The van der Waals surface area contributed by atoms with E-state index >= 15 is 0 Å². The number of ether oxygens (including phenoxy) is 1. The van der Waals surface area contributed by atoms with Crippen molar-refractivity contribution in [3.05, 3.63) is 57.1 Å². The normalized spacial score (nSPS) is 12.6. The summed E-state index contributed by atoms with van der Waals surface area (Å²) in [5.74, 6) is -1.32. The Morgan fingerprint density at radius 2 is 1.72 bits per heavy atom. The molecule has 0 saturated heterocycles. The summed E-state index contributed by atoms with van der Waals surface area (Å²) < 4.78 is 5.59. The summed E-state index contributed by atoms with van der Waals surface area (Å²) in [5.41, 5.74) is 4.28. The minimum Gasteiger partial charge on any atom is -0.507 e. The highest BCUT2D eigenvalue weighted by Crippen LogP contribution is 2.40. The Kier molecular flexibility index (Phi) is 4.25. The van der Waals surface area contributed by atoms with Crippen molar-refractivity contribution in [3.63, 3.8) is 0 Å². The average molecular weight is 340 g/mol. The molecule has 0 bridgehead atoms. The number of phenolic OH excluding ortho intramolecular Hbond substituents is 1. The highest BCUT2D eigenvalue weighted by molar-refractivity contribution is 6.14. The smallest absolute Gasteiger partial charge is 0.307 e. The van der Waals surface area contributed by atoms with Crippen molar-refractivity contribution in [2.75, 3.05) is 6.61 Å². The van der Waals surface area contributed by atoms with Gasteiger partial charge in [0, 0.05) is 17.5 Å². The van der Waals surface area contributed by atoms with Gasteiger partial charge in [0.2, 0.25) is 5.78 Å². The van der Waals surface area contributed by atoms with Crippen LogP contribution in [0.1, 0.15) is 43.7 Å². The molecule has 0 atom stereocenters. The third kappa shape index (κ3) is 2.97. The molecule has 0 aliphatic carbocycles. The molecule has 0 unspecified atom stereocenters. The van der Waals surface area contributed by atoms with Crippen molar-refractivity contribution in [2.24, 2.45) is 0 Å². The number of carboxylic acid groups (broad SMARTS) is 1. The molecular formula is C20H20O5. The maximum atomic E-state index is 13.2. The largest absolute Gasteiger partial charge is 0.507 e. The van der Waals surface area contributed by atoms with Gasteiger partial charge >= 0.3 is 5.97 Å². The second kappa shape index (κ2) is 6.24. The molecule has 5 nitrogen and oxygen atoms in total. The summed E-state index contributed by atoms with van der Waals surface area (Å²) in [5, 5.41) is 19.7. The topological polar surface area (TPSA) is 83.8 Å². The molecule has 5 heteroatoms. The lowest BCUT2D eigenvalue weighted by atomic mass is 9.89. The van der Waals surface area contributed by atoms with Gasteiger partial charge in [0.05, 0.1) is 13.0 Å². The van der Waals surface area contributed by atoms with Gasteiger partial charge in [-0.1, -0.05) is 17.7 Å². The van der Waals surface area contributed by atoms with E-state index in [1.165, 1.54) is 0 Å². The lowest BCUT2D eigenvalue weighted by Gasteiger charge is -2.16. The first-order chi connectivity index (χ1) is 11.8. The van der Waals surface area contributed by atoms with Crippen LogP contribution in [0.25, 0.3) is 0 Å². The van der Waals surface area contributed by atoms with Gasteiger partial charge in [-0.15, -0.1) is 0 Å². The maximum Gasteiger partial charge on any atom is 0.307 e. The van der Waals surface area contributed by atoms with Gasteiger partial charge in [0.1, 0.15) is 17.1 Å². The number of aromatic hydroxyl groups is 1. The number of carboxylic acids is 1. The summed E-state index contributed by atoms with van der Waals surface area (Å²) in [6.07, 6.45) is 0.250. The van der Waals surface area contributed by atoms with Crippen LogP contribution in [0.3, 0.4) is 0 Å². The van der Waals surface area contributed by atoms with Crippen molar-refractivity contribution in [1.82, 2.24) is 0 Å². The van der Waals surface area contributed by atoms with Gasteiger partial charge in [-0.05, 0) is 43.5 Å². The van der Waals surface area contributed by atoms with Crippen LogP contribution in [-0.2, 0) is 17.6 Å². The fourth-order valence-electron chi connectivity index (χ4n) is 3.56. The van der Waals surface area contributed by atoms with E-state index in [9.17, 15) is 14.7 Å². The molecular weight excluding hydrogens is 320 g/mol. The SMILES string of the molecule is Cc1cc(C)c(C(=O)c2c(O)c(CC(=O)O)cc3c2OCC3)c(C)c1. The van der Waals surface area contributed by atoms with Gasteiger partial charge in [-0.25, -0.2) is 0 Å². The Labute approximate surface area is 145 Å². The minimum atomic E-state index is -1.06. The van der Waals surface area contributed by atoms with Gasteiger partial charge < -0.3 is 14.9 Å². The van der Waals surface area contributed by atoms with Gasteiger partial charge in [-0.3, -0.25) is 9.59 Å². The summed E-state index contributed by atoms with van der Waals surface area (Å²) >= 11 is 0. The van der Waals surface area contributed by atoms with Gasteiger partial charge in [0.25, 0.3) is 0 Å². The fraction of sp³-hybridized carbons (Fsp3) is 0.300. The standard InChI is InChI=1S/C20H20O5/c1-10-6-11(2)16(12(3)7-10)19(24)17-18(23)14(9-15(21)22)8-13-4-5-25-20(13)17/h6-8,23H,4-5,9H2,1-3H3,(H,21,22). The van der Waals surface area contributed by atoms with Crippen LogP contribution >= 0.6 is 0 Å². The van der Waals surface area contributed by atoms with Gasteiger partial charge in [-0.2, -0.15) is 0 Å². The molecule has 3 rings (SSSR count). The Bertz CT molecular complexity index is 872. The number of hydrogen-bond acceptors (Lipinski definition) is 4. The van der Waals surface area contributed by atoms with E-state index < -0.39 is 5.97 Å². The number of phenols is 1. The second-order valence-electron chi connectivity index (χ2n) is 6.52. The van der Waals surface area contributed by atoms with Crippen LogP contribution in [0.2, 0.25) is 0 Å². The van der Waals surface area contributed by atoms with Crippen molar-refractivity contribution < 1.29 is 24.5 Å². The first-order valence-corrected chi connectivity index (χ1v) is 8.14. The van der Waals surface area contributed by atoms with Crippen LogP contribution in [0.5, 0.6) is 11.5 Å². The minimum absolute atomic E-state index is 0.0707. The molecule has 1 aliphatic rings. The number of aryl methyl sites for hydroxylation is 3. The zero-order valence-electron chi connectivity index (χ0n) is 14.5. The molecule has 0 aromatic heterocycles. The lowest BCUT2D eigenvalue weighted by Crippen LogP contribution is -2.11. The van der Waals surface area contributed by atoms with E-state index in [1.807, 2.05) is 32.9 Å². The fourth-order valence-corrected chi connectivity index (χ4v) is 3.56. The summed E-state index contributed by atoms with van der Waals surface area (Å²) in [6.45, 7) is 6.08. The van der Waals surface area contributed by atoms with Crippen LogP contribution in [-0.4, -0.2) is 28.6 Å². The zero-order valence-corrected chi connectivity index (χ0v) is 14.5. The Hall–Kier alpha value is -2.82. The van der Waals surface area contributed by atoms with Crippen molar-refractivity contribution in [3.8, 4) is 11.5 Å². The predicted molar refractivity (Wildman–Crippen MR) is 92.7 cm³/mol. The summed E-state index contributed by atoms with van der Waals surface area (Å²) in [4.78, 5) is 24.3. The van der Waals surface area contributed by atoms with Gasteiger partial charge in [0.15, 0.2) is 0 Å². The number of carbonyl (C=O) groups is 2. The van der Waals surface area contributed by atoms with E-state index in [-0.39, 0.29) is 29.1 Å². The molecule has 2 aromatic carbocycles. The van der Waals surface area contributed by atoms with Crippen LogP contribution in [0.15, 0.2) is 18.2 Å². The predicted octanol–water partition coefficient (Wildman–Crippen LogP) is 3.11. The molecule has 0 radical (unpaired) electrons. The number of benzene rings is 2. The molecule has 1 heterocycles. The number of rotatable bonds is 4. The first kappa shape index (κ1) is 17.0. The summed E-state index contributed by atoms with van der Waals surface area (Å²) in [6, 6.07) is 5.45. The highest BCUT2D eigenvalue weighted by atomic mass is 16.5. The van der Waals surface area contributed by atoms with E-state index in [1.54, 1.807) is 6.07 Å². The van der Waals surface area contributed by atoms with Crippen molar-refractivity contribution >= 4 is 11.8 Å². The summed E-state index contributed by atoms with van der Waals surface area (Å²) in [7, 11) is 0. The molecule has 1 aliphatic heterocycles. The number of aliphatic carboxylic acids is 1. The Balaban J connectivity index is 2.22. The number of carbonyl (C=O) groups excluding carboxylic acids is 1. The Morgan fingerprint density at radius 3 is 2.32 bits per heavy atom. The molecule has 0 saturated carbocycles. The molecule has 25 heavy (non-hydrogen) atoms. The van der Waals surface area contributed by atoms with E-state index in [0.29, 0.717) is 24.3 Å². The lowest BCUT2D eigenvalue weighted by molar-refractivity contribution is -0.136. The monoisotopic (exact) mass is 340 g/mol. The molecule has 0 spiro atoms. The first-order valence-electron chi connectivity index (χ1n) is 8.14. The molecule has 130 valence electrons. The van der Waals surface area contributed by atoms with E-state index in [0.717, 1.165) is 22.3 Å². The van der Waals surface area contributed by atoms with Crippen LogP contribution in [0, 0.1) is 20.8 Å². The highest BCUT2D eigenvalue weighted by Gasteiger charge is 2.30. The zero-order chi connectivity index (χ0) is 18.3.